The largest absolute Gasteiger partial charge is 0.665 e. The Morgan fingerprint density at radius 2 is 1.50 bits per heavy atom. The zero-order valence-corrected chi connectivity index (χ0v) is 5.54. The molecule has 1 fully saturated rings. The molecule has 1 aliphatic rings. The molecule has 20 valence electrons. The number of nitrogens with zero attached hydrogens (tertiary/aromatic N) is 1. The Bertz CT molecular complexity index is 10.8. The van der Waals surface area contributed by atoms with Gasteiger partial charge in [-0.25, -0.2) is 0 Å². The topological polar surface area (TPSA) is 14.1 Å². The molecule has 1 aliphatic heterocycles. The van der Waals surface area contributed by atoms with Crippen LogP contribution in [0.4, 0.5) is 0 Å². The van der Waals surface area contributed by atoms with Crippen molar-refractivity contribution in [2.75, 3.05) is 13.1 Å². The Labute approximate surface area is 38.5 Å². The van der Waals surface area contributed by atoms with E-state index in [2.05, 4.69) is 5.32 Å². The molecule has 0 radical (unpaired) electrons. The summed E-state index contributed by atoms with van der Waals surface area (Å²) in [5.74, 6) is 0. The Kier molecular flexibility index (Phi) is 2.13. The van der Waals surface area contributed by atoms with E-state index in [-0.39, 0.29) is 19.5 Å². The van der Waals surface area contributed by atoms with Gasteiger partial charge in [0.05, 0.1) is 0 Å². The van der Waals surface area contributed by atoms with E-state index < -0.39 is 0 Å². The van der Waals surface area contributed by atoms with Crippen LogP contribution in [0, 0.1) is 0 Å². The minimum Gasteiger partial charge on any atom is -0.665 e. The minimum atomic E-state index is 0. The summed E-state index contributed by atoms with van der Waals surface area (Å²) in [6.07, 6.45) is 0. The Morgan fingerprint density at radius 3 is 1.50 bits per heavy atom. The maximum Gasteiger partial charge on any atom is 0 e. The van der Waals surface area contributed by atoms with Crippen LogP contribution < -0.4 is 0 Å². The fourth-order valence-corrected chi connectivity index (χ4v) is 0. The third-order valence-corrected chi connectivity index (χ3v) is 0.224. The summed E-state index contributed by atoms with van der Waals surface area (Å²) in [4.78, 5) is 0. The van der Waals surface area contributed by atoms with E-state index in [9.17, 15) is 0 Å². The second-order valence-electron chi connectivity index (χ2n) is 0.671. The van der Waals surface area contributed by atoms with Gasteiger partial charge in [0.1, 0.15) is 0 Å². The zero-order chi connectivity index (χ0) is 2.12. The Morgan fingerprint density at radius 1 is 1.25 bits per heavy atom. The van der Waals surface area contributed by atoms with E-state index in [1.54, 1.807) is 0 Å². The second kappa shape index (κ2) is 1.86. The van der Waals surface area contributed by atoms with Gasteiger partial charge >= 0.3 is 0 Å². The Balaban J connectivity index is 0.0000000900. The van der Waals surface area contributed by atoms with Gasteiger partial charge in [-0.05, 0) is 0 Å². The van der Waals surface area contributed by atoms with Crippen molar-refractivity contribution < 1.29 is 19.5 Å². The Hall–Kier alpha value is 0.583. The predicted molar refractivity (Wildman–Crippen MR) is 13.1 cm³/mol. The van der Waals surface area contributed by atoms with Crippen LogP contribution in [0.1, 0.15) is 0 Å². The molecule has 0 atom stereocenters. The van der Waals surface area contributed by atoms with E-state index in [1.165, 1.54) is 0 Å². The molecule has 0 N–H and O–H groups in total. The molecule has 1 saturated heterocycles. The fourth-order valence-electron chi connectivity index (χ4n) is 0. The summed E-state index contributed by atoms with van der Waals surface area (Å²) in [5.41, 5.74) is 0. The molecule has 0 spiro atoms. The van der Waals surface area contributed by atoms with E-state index >= 15 is 0 Å². The molecule has 0 amide bonds. The van der Waals surface area contributed by atoms with Gasteiger partial charge in [-0.2, -0.15) is 13.1 Å². The fraction of sp³-hybridized carbons (Fsp3) is 1.00. The van der Waals surface area contributed by atoms with Gasteiger partial charge in [0.2, 0.25) is 0 Å². The number of hydrogen-bond donors (Lipinski definition) is 0. The summed E-state index contributed by atoms with van der Waals surface area (Å²) in [6.45, 7) is 2.25. The molecule has 0 saturated carbocycles. The first-order valence-electron chi connectivity index (χ1n) is 1.13. The summed E-state index contributed by atoms with van der Waals surface area (Å²) in [7, 11) is 0. The van der Waals surface area contributed by atoms with Gasteiger partial charge in [0.15, 0.2) is 0 Å². The molecular formula is C2H4NZn-. The average molecular weight is 107 g/mol. The standard InChI is InChI=1S/C2H4N.Zn/c1-2-3-1;/h1-2H2;/q-1;. The molecular weight excluding hydrogens is 103 g/mol. The first-order chi connectivity index (χ1) is 1.50. The van der Waals surface area contributed by atoms with E-state index in [4.69, 9.17) is 0 Å². The normalized spacial score (nSPS) is 18.0. The quantitative estimate of drug-likeness (QED) is 0.314. The van der Waals surface area contributed by atoms with Crippen molar-refractivity contribution in [2.24, 2.45) is 0 Å². The molecule has 1 nitrogen and oxygen atoms in total. The third-order valence-electron chi connectivity index (χ3n) is 0.224. The summed E-state index contributed by atoms with van der Waals surface area (Å²) >= 11 is 0. The van der Waals surface area contributed by atoms with Gasteiger partial charge < -0.3 is 5.32 Å². The summed E-state index contributed by atoms with van der Waals surface area (Å²) < 4.78 is 0. The summed E-state index contributed by atoms with van der Waals surface area (Å²) in [5, 5.41) is 3.75. The summed E-state index contributed by atoms with van der Waals surface area (Å²) in [6, 6.07) is 0. The number of rotatable bonds is 0. The van der Waals surface area contributed by atoms with E-state index in [0.29, 0.717) is 0 Å². The minimum absolute atomic E-state index is 0. The van der Waals surface area contributed by atoms with Crippen molar-refractivity contribution in [1.29, 1.82) is 0 Å². The van der Waals surface area contributed by atoms with Crippen molar-refractivity contribution >= 4 is 0 Å². The van der Waals surface area contributed by atoms with Crippen molar-refractivity contribution in [2.45, 2.75) is 0 Å². The molecule has 1 rings (SSSR count). The van der Waals surface area contributed by atoms with Crippen LogP contribution >= 0.6 is 0 Å². The van der Waals surface area contributed by atoms with Crippen LogP contribution in [0.2, 0.25) is 0 Å². The first-order valence-corrected chi connectivity index (χ1v) is 1.13. The third kappa shape index (κ3) is 2.58. The first kappa shape index (κ1) is 4.58. The van der Waals surface area contributed by atoms with Gasteiger partial charge in [-0.15, -0.1) is 0 Å². The molecule has 0 aromatic rings. The monoisotopic (exact) mass is 106 g/mol. The molecule has 0 aromatic carbocycles. The van der Waals surface area contributed by atoms with Crippen molar-refractivity contribution in [3.05, 3.63) is 5.32 Å². The molecule has 1 heterocycles. The number of hydrogen-bond acceptors (Lipinski definition) is 0. The van der Waals surface area contributed by atoms with Crippen LogP contribution in [-0.4, -0.2) is 13.1 Å². The molecule has 4 heavy (non-hydrogen) atoms. The van der Waals surface area contributed by atoms with Gasteiger partial charge in [0.25, 0.3) is 0 Å². The van der Waals surface area contributed by atoms with Crippen LogP contribution in [0.25, 0.3) is 5.32 Å². The maximum atomic E-state index is 3.75. The van der Waals surface area contributed by atoms with Gasteiger partial charge in [0, 0.05) is 19.5 Å². The van der Waals surface area contributed by atoms with Crippen LogP contribution in [-0.2, 0) is 19.5 Å². The van der Waals surface area contributed by atoms with Crippen molar-refractivity contribution in [1.82, 2.24) is 0 Å². The smallest absolute Gasteiger partial charge is 0 e. The van der Waals surface area contributed by atoms with Gasteiger partial charge in [-0.1, -0.05) is 0 Å². The average Bonchev–Trinajstić information content (AvgIpc) is 1.46. The molecule has 0 unspecified atom stereocenters. The molecule has 0 bridgehead atoms. The SMILES string of the molecule is C1C[N-]1.[Zn]. The maximum absolute atomic E-state index is 3.75. The van der Waals surface area contributed by atoms with Gasteiger partial charge in [-0.3, -0.25) is 0 Å². The predicted octanol–water partition coefficient (Wildman–Crippen LogP) is 0.371. The molecule has 0 aliphatic carbocycles. The zero-order valence-electron chi connectivity index (χ0n) is 2.57. The van der Waals surface area contributed by atoms with Crippen LogP contribution in [0.3, 0.4) is 0 Å². The van der Waals surface area contributed by atoms with Crippen molar-refractivity contribution in [3.63, 3.8) is 0 Å². The van der Waals surface area contributed by atoms with Crippen molar-refractivity contribution in [3.8, 4) is 0 Å². The van der Waals surface area contributed by atoms with Crippen LogP contribution in [0.5, 0.6) is 0 Å². The van der Waals surface area contributed by atoms with E-state index in [1.807, 2.05) is 0 Å². The van der Waals surface area contributed by atoms with Crippen LogP contribution in [0.15, 0.2) is 0 Å². The molecule has 2 heteroatoms. The second-order valence-corrected chi connectivity index (χ2v) is 0.671. The van der Waals surface area contributed by atoms with E-state index in [0.717, 1.165) is 13.1 Å². The molecule has 0 aromatic heterocycles.